The first-order valence-electron chi connectivity index (χ1n) is 9.55. The molecule has 0 spiro atoms. The Bertz CT molecular complexity index is 911. The zero-order valence-electron chi connectivity index (χ0n) is 16.0. The lowest BCUT2D eigenvalue weighted by Gasteiger charge is -2.25. The van der Waals surface area contributed by atoms with Gasteiger partial charge in [0.25, 0.3) is 5.91 Å². The van der Waals surface area contributed by atoms with E-state index < -0.39 is 9.84 Å². The Kier molecular flexibility index (Phi) is 5.30. The van der Waals surface area contributed by atoms with Gasteiger partial charge in [-0.1, -0.05) is 31.7 Å². The van der Waals surface area contributed by atoms with Crippen LogP contribution >= 0.6 is 11.8 Å². The molecule has 3 heterocycles. The molecular weight excluding hydrogens is 400 g/mol. The van der Waals surface area contributed by atoms with Gasteiger partial charge in [-0.25, -0.2) is 8.42 Å². The fourth-order valence-corrected chi connectivity index (χ4v) is 7.84. The van der Waals surface area contributed by atoms with Crippen LogP contribution in [0.3, 0.4) is 0 Å². The maximum atomic E-state index is 12.6. The van der Waals surface area contributed by atoms with Gasteiger partial charge in [0.05, 0.1) is 17.5 Å². The highest BCUT2D eigenvalue weighted by Gasteiger charge is 2.48. The molecule has 1 aromatic carbocycles. The van der Waals surface area contributed by atoms with Crippen LogP contribution in [0.2, 0.25) is 0 Å². The van der Waals surface area contributed by atoms with E-state index in [1.807, 2.05) is 36.9 Å². The van der Waals surface area contributed by atoms with Gasteiger partial charge < -0.3 is 14.4 Å². The number of fused-ring (bicyclic) bond motifs is 2. The highest BCUT2D eigenvalue weighted by Crippen LogP contribution is 2.40. The number of ether oxygens (including phenoxy) is 2. The highest BCUT2D eigenvalue weighted by atomic mass is 32.2. The monoisotopic (exact) mass is 424 g/mol. The van der Waals surface area contributed by atoms with E-state index in [9.17, 15) is 13.2 Å². The molecule has 0 aromatic heterocycles. The van der Waals surface area contributed by atoms with E-state index in [1.165, 1.54) is 11.8 Å². The Balaban J connectivity index is 1.62. The number of amidine groups is 1. The van der Waals surface area contributed by atoms with Crippen LogP contribution < -0.4 is 9.47 Å². The minimum atomic E-state index is -3.06. The van der Waals surface area contributed by atoms with Crippen LogP contribution in [0.5, 0.6) is 11.5 Å². The summed E-state index contributed by atoms with van der Waals surface area (Å²) < 4.78 is 35.1. The van der Waals surface area contributed by atoms with Crippen LogP contribution in [0.4, 0.5) is 0 Å². The molecule has 9 heteroatoms. The highest BCUT2D eigenvalue weighted by molar-refractivity contribution is 8.15. The molecule has 3 aliphatic rings. The molecule has 0 unspecified atom stereocenters. The number of nitrogens with zero attached hydrogens (tertiary/aromatic N) is 2. The van der Waals surface area contributed by atoms with Crippen molar-refractivity contribution in [2.75, 3.05) is 18.3 Å². The van der Waals surface area contributed by atoms with Crippen molar-refractivity contribution in [3.8, 4) is 11.5 Å². The molecule has 0 saturated carbocycles. The average Bonchev–Trinajstić information content (AvgIpc) is 3.30. The number of rotatable bonds is 5. The number of carbonyl (C=O) groups excluding carboxylic acids is 1. The first-order chi connectivity index (χ1) is 13.4. The van der Waals surface area contributed by atoms with Crippen molar-refractivity contribution in [1.82, 2.24) is 4.90 Å². The average molecular weight is 425 g/mol. The van der Waals surface area contributed by atoms with Crippen molar-refractivity contribution < 1.29 is 22.7 Å². The van der Waals surface area contributed by atoms with E-state index in [0.29, 0.717) is 23.2 Å². The van der Waals surface area contributed by atoms with E-state index >= 15 is 0 Å². The number of carbonyl (C=O) groups is 1. The fourth-order valence-electron chi connectivity index (χ4n) is 3.88. The molecule has 4 rings (SSSR count). The molecule has 0 aliphatic carbocycles. The van der Waals surface area contributed by atoms with Gasteiger partial charge in [-0.3, -0.25) is 4.79 Å². The van der Waals surface area contributed by atoms with Crippen molar-refractivity contribution in [2.45, 2.75) is 44.5 Å². The van der Waals surface area contributed by atoms with Gasteiger partial charge in [0, 0.05) is 17.7 Å². The zero-order chi connectivity index (χ0) is 19.9. The number of aliphatic imine (C=N–C) groups is 1. The van der Waals surface area contributed by atoms with E-state index in [4.69, 9.17) is 9.47 Å². The Morgan fingerprint density at radius 1 is 1.25 bits per heavy atom. The third-order valence-corrected chi connectivity index (χ3v) is 8.75. The summed E-state index contributed by atoms with van der Waals surface area (Å²) in [7, 11) is -3.06. The van der Waals surface area contributed by atoms with E-state index in [0.717, 1.165) is 18.4 Å². The predicted molar refractivity (Wildman–Crippen MR) is 108 cm³/mol. The van der Waals surface area contributed by atoms with Crippen LogP contribution in [0, 0.1) is 5.92 Å². The molecule has 2 atom stereocenters. The Labute approximate surface area is 169 Å². The summed E-state index contributed by atoms with van der Waals surface area (Å²) in [4.78, 5) is 19.0. The van der Waals surface area contributed by atoms with Gasteiger partial charge in [-0.15, -0.1) is 0 Å². The summed E-state index contributed by atoms with van der Waals surface area (Å²) in [6.45, 7) is 4.66. The quantitative estimate of drug-likeness (QED) is 0.718. The molecule has 0 N–H and O–H groups in total. The zero-order valence-corrected chi connectivity index (χ0v) is 17.6. The molecule has 0 bridgehead atoms. The van der Waals surface area contributed by atoms with Gasteiger partial charge >= 0.3 is 0 Å². The topological polar surface area (TPSA) is 85.3 Å². The largest absolute Gasteiger partial charge is 0.454 e. The van der Waals surface area contributed by atoms with Gasteiger partial charge in [-0.2, -0.15) is 4.99 Å². The second-order valence-electron chi connectivity index (χ2n) is 7.36. The lowest BCUT2D eigenvalue weighted by Crippen LogP contribution is -2.37. The van der Waals surface area contributed by atoms with Gasteiger partial charge in [0.2, 0.25) is 6.79 Å². The third-order valence-electron chi connectivity index (χ3n) is 5.51. The predicted octanol–water partition coefficient (Wildman–Crippen LogP) is 2.45. The molecule has 7 nitrogen and oxygen atoms in total. The molecule has 2 fully saturated rings. The number of benzene rings is 1. The standard InChI is InChI=1S/C19H24N2O5S2/c1-3-13(4-2)18(22)20-19-21(14-9-28(23,24)10-17(14)27-19)8-12-5-6-15-16(7-12)26-11-25-15/h5-7,13-14,17H,3-4,8-11H2,1-2H3/t14-,17+/m1/s1. The van der Waals surface area contributed by atoms with Crippen LogP contribution in [0.25, 0.3) is 0 Å². The molecule has 1 amide bonds. The summed E-state index contributed by atoms with van der Waals surface area (Å²) in [5.41, 5.74) is 0.970. The maximum absolute atomic E-state index is 12.6. The normalized spacial score (nSPS) is 26.2. The summed E-state index contributed by atoms with van der Waals surface area (Å²) in [6.07, 6.45) is 1.50. The number of amides is 1. The van der Waals surface area contributed by atoms with Crippen molar-refractivity contribution in [2.24, 2.45) is 10.9 Å². The maximum Gasteiger partial charge on any atom is 0.251 e. The van der Waals surface area contributed by atoms with Crippen molar-refractivity contribution >= 4 is 32.7 Å². The summed E-state index contributed by atoms with van der Waals surface area (Å²) in [6, 6.07) is 5.55. The molecule has 28 heavy (non-hydrogen) atoms. The second-order valence-corrected chi connectivity index (χ2v) is 10.7. The number of sulfone groups is 1. The van der Waals surface area contributed by atoms with Crippen molar-refractivity contribution in [3.05, 3.63) is 23.8 Å². The number of thioether (sulfide) groups is 1. The first kappa shape index (κ1) is 19.6. The van der Waals surface area contributed by atoms with E-state index in [2.05, 4.69) is 4.99 Å². The number of hydrogen-bond donors (Lipinski definition) is 0. The lowest BCUT2D eigenvalue weighted by atomic mass is 10.0. The molecule has 3 aliphatic heterocycles. The summed E-state index contributed by atoms with van der Waals surface area (Å²) >= 11 is 1.42. The Hall–Kier alpha value is -1.74. The summed E-state index contributed by atoms with van der Waals surface area (Å²) in [5, 5.41) is 0.562. The van der Waals surface area contributed by atoms with E-state index in [-0.39, 0.29) is 41.4 Å². The van der Waals surface area contributed by atoms with Crippen LogP contribution in [0.15, 0.2) is 23.2 Å². The smallest absolute Gasteiger partial charge is 0.251 e. The minimum absolute atomic E-state index is 0.0766. The van der Waals surface area contributed by atoms with E-state index in [1.54, 1.807) is 0 Å². The fraction of sp³-hybridized carbons (Fsp3) is 0.579. The summed E-state index contributed by atoms with van der Waals surface area (Å²) in [5.74, 6) is 1.42. The van der Waals surface area contributed by atoms with Crippen molar-refractivity contribution in [3.63, 3.8) is 0 Å². The number of hydrogen-bond acceptors (Lipinski definition) is 6. The Morgan fingerprint density at radius 2 is 2.00 bits per heavy atom. The molecular formula is C19H24N2O5S2. The lowest BCUT2D eigenvalue weighted by molar-refractivity contribution is -0.121. The molecule has 2 saturated heterocycles. The van der Waals surface area contributed by atoms with Gasteiger partial charge in [-0.05, 0) is 30.5 Å². The van der Waals surface area contributed by atoms with Gasteiger partial charge in [0.1, 0.15) is 0 Å². The van der Waals surface area contributed by atoms with Gasteiger partial charge in [0.15, 0.2) is 26.5 Å². The molecule has 1 aromatic rings. The van der Waals surface area contributed by atoms with Crippen LogP contribution in [0.1, 0.15) is 32.3 Å². The second kappa shape index (κ2) is 7.59. The third kappa shape index (κ3) is 3.74. The van der Waals surface area contributed by atoms with Crippen LogP contribution in [-0.4, -0.2) is 54.0 Å². The Morgan fingerprint density at radius 3 is 2.75 bits per heavy atom. The molecule has 0 radical (unpaired) electrons. The minimum Gasteiger partial charge on any atom is -0.454 e. The SMILES string of the molecule is CCC(CC)C(=O)N=C1S[C@H]2CS(=O)(=O)C[C@H]2N1Cc1ccc2c(c1)OCO2. The first-order valence-corrected chi connectivity index (χ1v) is 12.2. The molecule has 152 valence electrons. The van der Waals surface area contributed by atoms with Crippen molar-refractivity contribution in [1.29, 1.82) is 0 Å². The van der Waals surface area contributed by atoms with Crippen LogP contribution in [-0.2, 0) is 21.2 Å².